The van der Waals surface area contributed by atoms with Crippen molar-refractivity contribution in [2.75, 3.05) is 26.2 Å². The molecular weight excluding hydrogens is 356 g/mol. The summed E-state index contributed by atoms with van der Waals surface area (Å²) in [7, 11) is -3.44. The van der Waals surface area contributed by atoms with Crippen molar-refractivity contribution in [3.8, 4) is 0 Å². The Hall–Kier alpha value is -2.36. The van der Waals surface area contributed by atoms with Gasteiger partial charge in [0.15, 0.2) is 0 Å². The third-order valence-corrected chi connectivity index (χ3v) is 6.18. The molecule has 1 aliphatic rings. The second kappa shape index (κ2) is 7.90. The SMILES string of the molecule is O=[N+]([O-])c1ccc(CS(=O)(=O)N2CCN(Cc3ccccn3)CC2)cc1. The van der Waals surface area contributed by atoms with Gasteiger partial charge >= 0.3 is 0 Å². The van der Waals surface area contributed by atoms with Crippen LogP contribution < -0.4 is 0 Å². The lowest BCUT2D eigenvalue weighted by Gasteiger charge is -2.33. The average Bonchev–Trinajstić information content (AvgIpc) is 2.63. The van der Waals surface area contributed by atoms with Crippen LogP contribution in [0.4, 0.5) is 5.69 Å². The predicted octanol–water partition coefficient (Wildman–Crippen LogP) is 1.64. The van der Waals surface area contributed by atoms with Crippen molar-refractivity contribution in [1.29, 1.82) is 0 Å². The summed E-state index contributed by atoms with van der Waals surface area (Å²) in [6.45, 7) is 2.87. The van der Waals surface area contributed by atoms with Crippen molar-refractivity contribution in [2.45, 2.75) is 12.3 Å². The van der Waals surface area contributed by atoms with Crippen LogP contribution in [0.3, 0.4) is 0 Å². The molecule has 1 saturated heterocycles. The van der Waals surface area contributed by atoms with E-state index in [1.165, 1.54) is 28.6 Å². The van der Waals surface area contributed by atoms with E-state index < -0.39 is 14.9 Å². The molecule has 3 rings (SSSR count). The summed E-state index contributed by atoms with van der Waals surface area (Å²) < 4.78 is 26.7. The second-order valence-corrected chi connectivity index (χ2v) is 8.14. The highest BCUT2D eigenvalue weighted by Crippen LogP contribution is 2.17. The van der Waals surface area contributed by atoms with Crippen molar-refractivity contribution >= 4 is 15.7 Å². The predicted molar refractivity (Wildman–Crippen MR) is 96.8 cm³/mol. The molecule has 0 bridgehead atoms. The number of benzene rings is 1. The molecule has 0 saturated carbocycles. The normalized spacial score (nSPS) is 16.5. The van der Waals surface area contributed by atoms with E-state index in [0.717, 1.165) is 5.69 Å². The molecule has 2 heterocycles. The zero-order valence-electron chi connectivity index (χ0n) is 14.2. The van der Waals surface area contributed by atoms with Gasteiger partial charge in [-0.3, -0.25) is 20.0 Å². The molecule has 0 radical (unpaired) electrons. The molecule has 2 aromatic rings. The van der Waals surface area contributed by atoms with Gasteiger partial charge in [0.2, 0.25) is 10.0 Å². The molecule has 0 aliphatic carbocycles. The minimum Gasteiger partial charge on any atom is -0.295 e. The zero-order chi connectivity index (χ0) is 18.6. The van der Waals surface area contributed by atoms with Crippen LogP contribution in [-0.2, 0) is 22.3 Å². The molecule has 1 aliphatic heterocycles. The highest BCUT2D eigenvalue weighted by atomic mass is 32.2. The summed E-state index contributed by atoms with van der Waals surface area (Å²) in [5.41, 5.74) is 1.47. The first kappa shape index (κ1) is 18.4. The summed E-state index contributed by atoms with van der Waals surface area (Å²) in [6.07, 6.45) is 1.75. The number of hydrogen-bond donors (Lipinski definition) is 0. The third-order valence-electron chi connectivity index (χ3n) is 4.33. The summed E-state index contributed by atoms with van der Waals surface area (Å²) in [5.74, 6) is -0.148. The second-order valence-electron chi connectivity index (χ2n) is 6.18. The first-order valence-corrected chi connectivity index (χ1v) is 9.88. The molecule has 9 heteroatoms. The fourth-order valence-corrected chi connectivity index (χ4v) is 4.42. The van der Waals surface area contributed by atoms with E-state index >= 15 is 0 Å². The minimum atomic E-state index is -3.44. The van der Waals surface area contributed by atoms with Crippen LogP contribution in [0.2, 0.25) is 0 Å². The average molecular weight is 376 g/mol. The first-order chi connectivity index (χ1) is 12.4. The Morgan fingerprint density at radius 3 is 2.31 bits per heavy atom. The summed E-state index contributed by atoms with van der Waals surface area (Å²) >= 11 is 0. The quantitative estimate of drug-likeness (QED) is 0.562. The van der Waals surface area contributed by atoms with E-state index in [9.17, 15) is 18.5 Å². The number of hydrogen-bond acceptors (Lipinski definition) is 6. The van der Waals surface area contributed by atoms with E-state index in [0.29, 0.717) is 38.3 Å². The maximum Gasteiger partial charge on any atom is 0.269 e. The van der Waals surface area contributed by atoms with Gasteiger partial charge in [0.25, 0.3) is 5.69 Å². The Morgan fingerprint density at radius 2 is 1.73 bits per heavy atom. The molecule has 138 valence electrons. The van der Waals surface area contributed by atoms with Gasteiger partial charge in [0.05, 0.1) is 16.4 Å². The molecule has 0 unspecified atom stereocenters. The summed E-state index contributed by atoms with van der Waals surface area (Å²) in [5, 5.41) is 10.7. The van der Waals surface area contributed by atoms with Crippen LogP contribution >= 0.6 is 0 Å². The fraction of sp³-hybridized carbons (Fsp3) is 0.353. The largest absolute Gasteiger partial charge is 0.295 e. The number of nitro benzene ring substituents is 1. The van der Waals surface area contributed by atoms with Crippen LogP contribution in [-0.4, -0.2) is 53.7 Å². The highest BCUT2D eigenvalue weighted by Gasteiger charge is 2.27. The Kier molecular flexibility index (Phi) is 5.60. The molecule has 0 atom stereocenters. The van der Waals surface area contributed by atoms with Crippen LogP contribution in [0.5, 0.6) is 0 Å². The lowest BCUT2D eigenvalue weighted by Crippen LogP contribution is -2.48. The topological polar surface area (TPSA) is 96.6 Å². The highest BCUT2D eigenvalue weighted by molar-refractivity contribution is 7.88. The molecular formula is C17H20N4O4S. The summed E-state index contributed by atoms with van der Waals surface area (Å²) in [6, 6.07) is 11.4. The zero-order valence-corrected chi connectivity index (χ0v) is 15.0. The van der Waals surface area contributed by atoms with Crippen molar-refractivity contribution in [3.05, 3.63) is 70.0 Å². The Balaban J connectivity index is 1.56. The monoisotopic (exact) mass is 376 g/mol. The maximum absolute atomic E-state index is 12.6. The van der Waals surface area contributed by atoms with E-state index in [1.807, 2.05) is 18.2 Å². The number of aromatic nitrogens is 1. The standard InChI is InChI=1S/C17H20N4O4S/c22-21(23)17-6-4-15(5-7-17)14-26(24,25)20-11-9-19(10-12-20)13-16-3-1-2-8-18-16/h1-8H,9-14H2. The fourth-order valence-electron chi connectivity index (χ4n) is 2.90. The smallest absolute Gasteiger partial charge is 0.269 e. The van der Waals surface area contributed by atoms with Crippen LogP contribution in [0.25, 0.3) is 0 Å². The number of sulfonamides is 1. The van der Waals surface area contributed by atoms with E-state index in [2.05, 4.69) is 9.88 Å². The lowest BCUT2D eigenvalue weighted by molar-refractivity contribution is -0.384. The number of rotatable bonds is 6. The Labute approximate surface area is 152 Å². The van der Waals surface area contributed by atoms with Crippen molar-refractivity contribution in [3.63, 3.8) is 0 Å². The number of nitrogens with zero attached hydrogens (tertiary/aromatic N) is 4. The van der Waals surface area contributed by atoms with Gasteiger partial charge in [0.1, 0.15) is 0 Å². The van der Waals surface area contributed by atoms with Crippen molar-refractivity contribution < 1.29 is 13.3 Å². The number of nitro groups is 1. The van der Waals surface area contributed by atoms with Crippen LogP contribution in [0.1, 0.15) is 11.3 Å². The molecule has 0 amide bonds. The van der Waals surface area contributed by atoms with Crippen LogP contribution in [0.15, 0.2) is 48.7 Å². The van der Waals surface area contributed by atoms with E-state index in [-0.39, 0.29) is 11.4 Å². The van der Waals surface area contributed by atoms with Gasteiger partial charge < -0.3 is 0 Å². The Bertz CT molecular complexity index is 848. The van der Waals surface area contributed by atoms with Crippen LogP contribution in [0, 0.1) is 10.1 Å². The van der Waals surface area contributed by atoms with Crippen molar-refractivity contribution in [1.82, 2.24) is 14.2 Å². The van der Waals surface area contributed by atoms with Gasteiger partial charge in [-0.1, -0.05) is 18.2 Å². The van der Waals surface area contributed by atoms with E-state index in [4.69, 9.17) is 0 Å². The number of piperazine rings is 1. The molecule has 1 aromatic heterocycles. The summed E-state index contributed by atoms with van der Waals surface area (Å²) in [4.78, 5) is 16.7. The number of pyridine rings is 1. The third kappa shape index (κ3) is 4.63. The van der Waals surface area contributed by atoms with Gasteiger partial charge in [0, 0.05) is 51.1 Å². The van der Waals surface area contributed by atoms with Gasteiger partial charge in [-0.2, -0.15) is 4.31 Å². The van der Waals surface area contributed by atoms with E-state index in [1.54, 1.807) is 6.20 Å². The maximum atomic E-state index is 12.6. The minimum absolute atomic E-state index is 0.0470. The number of non-ortho nitro benzene ring substituents is 1. The molecule has 26 heavy (non-hydrogen) atoms. The molecule has 8 nitrogen and oxygen atoms in total. The first-order valence-electron chi connectivity index (χ1n) is 8.27. The Morgan fingerprint density at radius 1 is 1.04 bits per heavy atom. The van der Waals surface area contributed by atoms with Crippen molar-refractivity contribution in [2.24, 2.45) is 0 Å². The molecule has 1 fully saturated rings. The molecule has 0 N–H and O–H groups in total. The van der Waals surface area contributed by atoms with Gasteiger partial charge in [-0.15, -0.1) is 0 Å². The van der Waals surface area contributed by atoms with Gasteiger partial charge in [-0.25, -0.2) is 8.42 Å². The molecule has 0 spiro atoms. The molecule has 1 aromatic carbocycles. The lowest BCUT2D eigenvalue weighted by atomic mass is 10.2. The van der Waals surface area contributed by atoms with Gasteiger partial charge in [-0.05, 0) is 17.7 Å².